The van der Waals surface area contributed by atoms with Gasteiger partial charge in [0, 0.05) is 12.3 Å². The number of thiocarbonyl (C=S) groups is 1. The molecule has 82 valence electrons. The second-order valence-corrected chi connectivity index (χ2v) is 3.41. The third-order valence-electron chi connectivity index (χ3n) is 1.83. The van der Waals surface area contributed by atoms with E-state index in [1.54, 1.807) is 18.3 Å². The van der Waals surface area contributed by atoms with Crippen molar-refractivity contribution in [1.29, 1.82) is 0 Å². The van der Waals surface area contributed by atoms with E-state index >= 15 is 0 Å². The van der Waals surface area contributed by atoms with Crippen LogP contribution in [0.3, 0.4) is 0 Å². The fourth-order valence-corrected chi connectivity index (χ4v) is 1.19. The summed E-state index contributed by atoms with van der Waals surface area (Å²) in [6.45, 7) is 0.483. The normalized spacial score (nSPS) is 10.0. The Morgan fingerprint density at radius 1 is 1.50 bits per heavy atom. The van der Waals surface area contributed by atoms with Crippen LogP contribution in [0, 0.1) is 0 Å². The molecule has 2 heterocycles. The molecule has 2 aromatic heterocycles. The summed E-state index contributed by atoms with van der Waals surface area (Å²) in [5, 5.41) is 6.73. The summed E-state index contributed by atoms with van der Waals surface area (Å²) < 4.78 is 4.69. The number of nitrogens with zero attached hydrogens (tertiary/aromatic N) is 3. The number of anilines is 1. The molecular weight excluding hydrogens is 226 g/mol. The van der Waals surface area contributed by atoms with E-state index in [1.165, 1.54) is 6.26 Å². The predicted molar refractivity (Wildman–Crippen MR) is 61.7 cm³/mol. The molecule has 0 atom stereocenters. The molecule has 7 heteroatoms. The first kappa shape index (κ1) is 10.5. The van der Waals surface area contributed by atoms with E-state index in [9.17, 15) is 0 Å². The Balaban J connectivity index is 2.04. The molecule has 0 aliphatic carbocycles. The largest absolute Gasteiger partial charge is 0.388 e. The molecule has 0 fully saturated rings. The van der Waals surface area contributed by atoms with E-state index in [0.29, 0.717) is 18.2 Å². The molecule has 0 aliphatic rings. The lowest BCUT2D eigenvalue weighted by Crippen LogP contribution is -2.13. The highest BCUT2D eigenvalue weighted by molar-refractivity contribution is 7.80. The van der Waals surface area contributed by atoms with Crippen LogP contribution in [0.5, 0.6) is 0 Å². The van der Waals surface area contributed by atoms with Crippen LogP contribution in [-0.4, -0.2) is 20.1 Å². The summed E-state index contributed by atoms with van der Waals surface area (Å²) in [6, 6.07) is 3.41. The van der Waals surface area contributed by atoms with Crippen molar-refractivity contribution in [3.8, 4) is 0 Å². The Morgan fingerprint density at radius 2 is 2.38 bits per heavy atom. The SMILES string of the molecule is NC(=S)c1ccnc(NCc2ccon2)n1. The van der Waals surface area contributed by atoms with Gasteiger partial charge in [0.25, 0.3) is 0 Å². The van der Waals surface area contributed by atoms with Gasteiger partial charge in [-0.25, -0.2) is 9.97 Å². The van der Waals surface area contributed by atoms with Gasteiger partial charge in [-0.2, -0.15) is 0 Å². The molecule has 2 rings (SSSR count). The van der Waals surface area contributed by atoms with Crippen LogP contribution < -0.4 is 11.1 Å². The van der Waals surface area contributed by atoms with E-state index in [1.807, 2.05) is 0 Å². The Labute approximate surface area is 96.9 Å². The average molecular weight is 235 g/mol. The Hall–Kier alpha value is -2.02. The molecule has 0 aromatic carbocycles. The summed E-state index contributed by atoms with van der Waals surface area (Å²) in [6.07, 6.45) is 3.09. The van der Waals surface area contributed by atoms with Crippen molar-refractivity contribution in [2.24, 2.45) is 5.73 Å². The highest BCUT2D eigenvalue weighted by Gasteiger charge is 2.02. The van der Waals surface area contributed by atoms with Crippen LogP contribution in [-0.2, 0) is 6.54 Å². The Morgan fingerprint density at radius 3 is 3.06 bits per heavy atom. The van der Waals surface area contributed by atoms with E-state index < -0.39 is 0 Å². The standard InChI is InChI=1S/C9H9N5OS/c10-8(16)7-1-3-11-9(13-7)12-5-6-2-4-15-14-6/h1-4H,5H2,(H2,10,16)(H,11,12,13). The molecule has 2 aromatic rings. The van der Waals surface area contributed by atoms with Crippen molar-refractivity contribution in [2.45, 2.75) is 6.54 Å². The van der Waals surface area contributed by atoms with Gasteiger partial charge in [-0.1, -0.05) is 17.4 Å². The first-order valence-electron chi connectivity index (χ1n) is 4.51. The van der Waals surface area contributed by atoms with E-state index in [0.717, 1.165) is 5.69 Å². The quantitative estimate of drug-likeness (QED) is 0.754. The lowest BCUT2D eigenvalue weighted by atomic mass is 10.4. The molecule has 0 spiro atoms. The molecule has 0 aliphatic heterocycles. The van der Waals surface area contributed by atoms with Gasteiger partial charge < -0.3 is 15.6 Å². The molecule has 0 saturated carbocycles. The summed E-state index contributed by atoms with van der Waals surface area (Å²) in [4.78, 5) is 8.39. The van der Waals surface area contributed by atoms with Crippen LogP contribution in [0.15, 0.2) is 29.1 Å². The van der Waals surface area contributed by atoms with Gasteiger partial charge in [0.15, 0.2) is 0 Å². The van der Waals surface area contributed by atoms with Crippen LogP contribution in [0.25, 0.3) is 0 Å². The molecule has 0 radical (unpaired) electrons. The predicted octanol–water partition coefficient (Wildman–Crippen LogP) is 0.711. The smallest absolute Gasteiger partial charge is 0.223 e. The maximum Gasteiger partial charge on any atom is 0.223 e. The lowest BCUT2D eigenvalue weighted by molar-refractivity contribution is 0.412. The molecule has 0 saturated heterocycles. The van der Waals surface area contributed by atoms with E-state index in [4.69, 9.17) is 22.5 Å². The maximum absolute atomic E-state index is 5.46. The van der Waals surface area contributed by atoms with Crippen molar-refractivity contribution in [3.05, 3.63) is 36.0 Å². The van der Waals surface area contributed by atoms with E-state index in [2.05, 4.69) is 20.4 Å². The topological polar surface area (TPSA) is 89.9 Å². The minimum absolute atomic E-state index is 0.242. The maximum atomic E-state index is 5.46. The van der Waals surface area contributed by atoms with Gasteiger partial charge in [-0.15, -0.1) is 0 Å². The van der Waals surface area contributed by atoms with Gasteiger partial charge >= 0.3 is 0 Å². The van der Waals surface area contributed by atoms with Crippen molar-refractivity contribution < 1.29 is 4.52 Å². The molecule has 16 heavy (non-hydrogen) atoms. The summed E-state index contributed by atoms with van der Waals surface area (Å²) in [7, 11) is 0. The van der Waals surface area contributed by atoms with Crippen LogP contribution in [0.1, 0.15) is 11.4 Å². The average Bonchev–Trinajstić information content (AvgIpc) is 2.79. The van der Waals surface area contributed by atoms with Crippen LogP contribution in [0.2, 0.25) is 0 Å². The summed E-state index contributed by atoms with van der Waals surface area (Å²) >= 11 is 4.82. The first-order valence-corrected chi connectivity index (χ1v) is 4.92. The molecular formula is C9H9N5OS. The summed E-state index contributed by atoms with van der Waals surface area (Å²) in [5.41, 5.74) is 6.76. The number of hydrogen-bond donors (Lipinski definition) is 2. The fourth-order valence-electron chi connectivity index (χ4n) is 1.08. The monoisotopic (exact) mass is 235 g/mol. The van der Waals surface area contributed by atoms with Gasteiger partial charge in [0.1, 0.15) is 22.6 Å². The zero-order chi connectivity index (χ0) is 11.4. The third kappa shape index (κ3) is 2.51. The van der Waals surface area contributed by atoms with Gasteiger partial charge in [0.05, 0.1) is 6.54 Å². The fraction of sp³-hybridized carbons (Fsp3) is 0.111. The van der Waals surface area contributed by atoms with Crippen molar-refractivity contribution in [2.75, 3.05) is 5.32 Å². The highest BCUT2D eigenvalue weighted by Crippen LogP contribution is 2.03. The third-order valence-corrected chi connectivity index (χ3v) is 2.04. The van der Waals surface area contributed by atoms with E-state index in [-0.39, 0.29) is 4.99 Å². The Bertz CT molecular complexity index is 484. The zero-order valence-electron chi connectivity index (χ0n) is 8.25. The molecule has 0 bridgehead atoms. The van der Waals surface area contributed by atoms with Crippen molar-refractivity contribution in [1.82, 2.24) is 15.1 Å². The number of hydrogen-bond acceptors (Lipinski definition) is 6. The second-order valence-electron chi connectivity index (χ2n) is 2.97. The van der Waals surface area contributed by atoms with Crippen LogP contribution >= 0.6 is 12.2 Å². The summed E-state index contributed by atoms with van der Waals surface area (Å²) in [5.74, 6) is 0.452. The van der Waals surface area contributed by atoms with Gasteiger partial charge in [-0.05, 0) is 6.07 Å². The zero-order valence-corrected chi connectivity index (χ0v) is 9.07. The van der Waals surface area contributed by atoms with Gasteiger partial charge in [0.2, 0.25) is 5.95 Å². The van der Waals surface area contributed by atoms with Crippen molar-refractivity contribution >= 4 is 23.2 Å². The molecule has 0 unspecified atom stereocenters. The molecule has 6 nitrogen and oxygen atoms in total. The first-order chi connectivity index (χ1) is 7.75. The number of aromatic nitrogens is 3. The Kier molecular flexibility index (Phi) is 3.06. The van der Waals surface area contributed by atoms with Crippen molar-refractivity contribution in [3.63, 3.8) is 0 Å². The number of nitrogens with one attached hydrogen (secondary N) is 1. The highest BCUT2D eigenvalue weighted by atomic mass is 32.1. The minimum Gasteiger partial charge on any atom is -0.388 e. The molecule has 0 amide bonds. The molecule has 3 N–H and O–H groups in total. The number of nitrogens with two attached hydrogens (primary N) is 1. The minimum atomic E-state index is 0.242. The lowest BCUT2D eigenvalue weighted by Gasteiger charge is -2.03. The van der Waals surface area contributed by atoms with Gasteiger partial charge in [-0.3, -0.25) is 0 Å². The number of rotatable bonds is 4. The van der Waals surface area contributed by atoms with Crippen LogP contribution in [0.4, 0.5) is 5.95 Å². The second kappa shape index (κ2) is 4.67.